The zero-order chi connectivity index (χ0) is 18.6. The van der Waals surface area contributed by atoms with Crippen LogP contribution in [0.4, 0.5) is 17.1 Å². The van der Waals surface area contributed by atoms with Gasteiger partial charge in [0.25, 0.3) is 17.3 Å². The largest absolute Gasteiger partial charge is 0.322 e. The van der Waals surface area contributed by atoms with Crippen LogP contribution in [0.15, 0.2) is 42.5 Å². The minimum Gasteiger partial charge on any atom is -0.322 e. The number of rotatable bonds is 6. The monoisotopic (exact) mass is 343 g/mol. The Morgan fingerprint density at radius 1 is 1.08 bits per heavy atom. The van der Waals surface area contributed by atoms with Crippen molar-refractivity contribution in [2.45, 2.75) is 26.2 Å². The van der Waals surface area contributed by atoms with E-state index in [1.807, 2.05) is 26.0 Å². The van der Waals surface area contributed by atoms with E-state index in [0.29, 0.717) is 5.69 Å². The highest BCUT2D eigenvalue weighted by Crippen LogP contribution is 2.28. The number of hydrogen-bond acceptors (Lipinski definition) is 5. The molecule has 8 heteroatoms. The number of benzene rings is 2. The van der Waals surface area contributed by atoms with Gasteiger partial charge < -0.3 is 5.32 Å². The Bertz CT molecular complexity index is 803. The zero-order valence-electron chi connectivity index (χ0n) is 13.8. The SMILES string of the molecule is CC[C@@H](C)c1ccccc1NC(=O)c1cc([N+](=O)[O-])cc([N+](=O)[O-])c1. The summed E-state index contributed by atoms with van der Waals surface area (Å²) in [6, 6.07) is 10.1. The number of nitro benzene ring substituents is 2. The lowest BCUT2D eigenvalue weighted by Gasteiger charge is -2.15. The first kappa shape index (κ1) is 18.1. The molecule has 0 aliphatic heterocycles. The number of nitrogens with zero attached hydrogens (tertiary/aromatic N) is 2. The summed E-state index contributed by atoms with van der Waals surface area (Å²) in [7, 11) is 0. The Morgan fingerprint density at radius 2 is 1.64 bits per heavy atom. The fourth-order valence-corrected chi connectivity index (χ4v) is 2.39. The Morgan fingerprint density at radius 3 is 2.16 bits per heavy atom. The first-order valence-electron chi connectivity index (χ1n) is 7.67. The summed E-state index contributed by atoms with van der Waals surface area (Å²) in [4.78, 5) is 32.8. The van der Waals surface area contributed by atoms with Crippen molar-refractivity contribution in [3.8, 4) is 0 Å². The van der Waals surface area contributed by atoms with Crippen molar-refractivity contribution in [3.63, 3.8) is 0 Å². The second-order valence-electron chi connectivity index (χ2n) is 5.60. The van der Waals surface area contributed by atoms with E-state index in [2.05, 4.69) is 5.32 Å². The van der Waals surface area contributed by atoms with Crippen LogP contribution in [-0.2, 0) is 0 Å². The van der Waals surface area contributed by atoms with Gasteiger partial charge in [0.15, 0.2) is 0 Å². The standard InChI is InChI=1S/C17H17N3O5/c1-3-11(2)15-6-4-5-7-16(15)18-17(21)12-8-13(19(22)23)10-14(9-12)20(24)25/h4-11H,3H2,1-2H3,(H,18,21)/t11-/m1/s1. The summed E-state index contributed by atoms with van der Waals surface area (Å²) < 4.78 is 0. The fraction of sp³-hybridized carbons (Fsp3) is 0.235. The lowest BCUT2D eigenvalue weighted by Crippen LogP contribution is -2.14. The number of nitrogens with one attached hydrogen (secondary N) is 1. The van der Waals surface area contributed by atoms with Gasteiger partial charge in [-0.3, -0.25) is 25.0 Å². The normalized spacial score (nSPS) is 11.6. The van der Waals surface area contributed by atoms with Crippen molar-refractivity contribution in [3.05, 3.63) is 73.8 Å². The molecule has 0 aliphatic carbocycles. The molecule has 1 N–H and O–H groups in total. The van der Waals surface area contributed by atoms with Crippen molar-refractivity contribution >= 4 is 23.0 Å². The molecule has 0 aliphatic rings. The van der Waals surface area contributed by atoms with Crippen molar-refractivity contribution in [1.82, 2.24) is 0 Å². The number of non-ortho nitro benzene ring substituents is 2. The number of nitro groups is 2. The zero-order valence-corrected chi connectivity index (χ0v) is 13.8. The minimum atomic E-state index is -0.767. The fourth-order valence-electron chi connectivity index (χ4n) is 2.39. The molecule has 2 aromatic carbocycles. The number of carbonyl (C=O) groups excluding carboxylic acids is 1. The minimum absolute atomic E-state index is 0.139. The van der Waals surface area contributed by atoms with Crippen LogP contribution < -0.4 is 5.32 Å². The van der Waals surface area contributed by atoms with Gasteiger partial charge in [-0.05, 0) is 24.0 Å². The molecule has 1 amide bonds. The Kier molecular flexibility index (Phi) is 5.43. The quantitative estimate of drug-likeness (QED) is 0.621. The number of para-hydroxylation sites is 1. The Hall–Kier alpha value is -3.29. The van der Waals surface area contributed by atoms with Gasteiger partial charge in [-0.2, -0.15) is 0 Å². The molecule has 2 rings (SSSR count). The summed E-state index contributed by atoms with van der Waals surface area (Å²) in [6.45, 7) is 4.04. The van der Waals surface area contributed by atoms with Gasteiger partial charge in [0, 0.05) is 17.8 Å². The highest BCUT2D eigenvalue weighted by Gasteiger charge is 2.20. The van der Waals surface area contributed by atoms with Crippen molar-refractivity contribution in [2.24, 2.45) is 0 Å². The summed E-state index contributed by atoms with van der Waals surface area (Å²) in [5.74, 6) is -0.432. The highest BCUT2D eigenvalue weighted by molar-refractivity contribution is 6.05. The molecule has 0 unspecified atom stereocenters. The van der Waals surface area contributed by atoms with E-state index >= 15 is 0 Å². The molecule has 0 heterocycles. The average molecular weight is 343 g/mol. The summed E-state index contributed by atoms with van der Waals surface area (Å²) in [5, 5.41) is 24.6. The van der Waals surface area contributed by atoms with E-state index in [9.17, 15) is 25.0 Å². The predicted octanol–water partition coefficient (Wildman–Crippen LogP) is 4.27. The van der Waals surface area contributed by atoms with Crippen LogP contribution in [0.25, 0.3) is 0 Å². The maximum absolute atomic E-state index is 12.5. The molecule has 130 valence electrons. The highest BCUT2D eigenvalue weighted by atomic mass is 16.6. The number of hydrogen-bond donors (Lipinski definition) is 1. The van der Waals surface area contributed by atoms with Crippen LogP contribution >= 0.6 is 0 Å². The molecule has 0 fully saturated rings. The predicted molar refractivity (Wildman–Crippen MR) is 92.9 cm³/mol. The summed E-state index contributed by atoms with van der Waals surface area (Å²) >= 11 is 0. The smallest absolute Gasteiger partial charge is 0.277 e. The van der Waals surface area contributed by atoms with E-state index in [4.69, 9.17) is 0 Å². The second kappa shape index (κ2) is 7.52. The first-order valence-corrected chi connectivity index (χ1v) is 7.67. The van der Waals surface area contributed by atoms with Gasteiger partial charge in [0.1, 0.15) is 0 Å². The molecular formula is C17H17N3O5. The molecule has 1 atom stereocenters. The van der Waals surface area contributed by atoms with Crippen LogP contribution in [0, 0.1) is 20.2 Å². The lowest BCUT2D eigenvalue weighted by atomic mass is 9.96. The van der Waals surface area contributed by atoms with Gasteiger partial charge in [-0.1, -0.05) is 32.0 Å². The van der Waals surface area contributed by atoms with Crippen molar-refractivity contribution < 1.29 is 14.6 Å². The average Bonchev–Trinajstić information content (AvgIpc) is 2.60. The molecular weight excluding hydrogens is 326 g/mol. The Balaban J connectivity index is 2.39. The third-order valence-electron chi connectivity index (χ3n) is 3.94. The number of amides is 1. The van der Waals surface area contributed by atoms with Crippen LogP contribution in [0.2, 0.25) is 0 Å². The van der Waals surface area contributed by atoms with E-state index < -0.39 is 27.1 Å². The van der Waals surface area contributed by atoms with E-state index in [0.717, 1.165) is 30.2 Å². The first-order chi connectivity index (χ1) is 11.8. The molecule has 2 aromatic rings. The Labute approximate surface area is 143 Å². The lowest BCUT2D eigenvalue weighted by molar-refractivity contribution is -0.394. The van der Waals surface area contributed by atoms with Gasteiger partial charge in [-0.15, -0.1) is 0 Å². The third kappa shape index (κ3) is 4.17. The molecule has 0 radical (unpaired) electrons. The topological polar surface area (TPSA) is 115 Å². The summed E-state index contributed by atoms with van der Waals surface area (Å²) in [5.41, 5.74) is 0.360. The van der Waals surface area contributed by atoms with Gasteiger partial charge in [0.05, 0.1) is 21.5 Å². The molecule has 25 heavy (non-hydrogen) atoms. The van der Waals surface area contributed by atoms with E-state index in [-0.39, 0.29) is 11.5 Å². The molecule has 0 spiro atoms. The molecule has 0 saturated heterocycles. The van der Waals surface area contributed by atoms with Gasteiger partial charge in [-0.25, -0.2) is 0 Å². The van der Waals surface area contributed by atoms with Crippen LogP contribution in [0.3, 0.4) is 0 Å². The van der Waals surface area contributed by atoms with E-state index in [1.165, 1.54) is 0 Å². The van der Waals surface area contributed by atoms with Crippen LogP contribution in [0.5, 0.6) is 0 Å². The molecule has 8 nitrogen and oxygen atoms in total. The molecule has 0 aromatic heterocycles. The summed E-state index contributed by atoms with van der Waals surface area (Å²) in [6.07, 6.45) is 0.870. The molecule has 0 saturated carbocycles. The van der Waals surface area contributed by atoms with Gasteiger partial charge in [0.2, 0.25) is 0 Å². The number of carbonyl (C=O) groups is 1. The van der Waals surface area contributed by atoms with Crippen molar-refractivity contribution in [1.29, 1.82) is 0 Å². The van der Waals surface area contributed by atoms with Crippen LogP contribution in [-0.4, -0.2) is 15.8 Å². The number of anilines is 1. The maximum Gasteiger partial charge on any atom is 0.277 e. The third-order valence-corrected chi connectivity index (χ3v) is 3.94. The van der Waals surface area contributed by atoms with E-state index in [1.54, 1.807) is 12.1 Å². The second-order valence-corrected chi connectivity index (χ2v) is 5.60. The molecule has 0 bridgehead atoms. The van der Waals surface area contributed by atoms with Crippen LogP contribution in [0.1, 0.15) is 42.1 Å². The van der Waals surface area contributed by atoms with Crippen molar-refractivity contribution in [2.75, 3.05) is 5.32 Å². The van der Waals surface area contributed by atoms with Gasteiger partial charge >= 0.3 is 0 Å². The maximum atomic E-state index is 12.5.